The molecular formula is C13H20ClNO2S. The molecule has 1 aromatic rings. The molecule has 0 aromatic heterocycles. The van der Waals surface area contributed by atoms with Crippen molar-refractivity contribution in [3.05, 3.63) is 28.8 Å². The number of rotatable bonds is 5. The van der Waals surface area contributed by atoms with E-state index in [9.17, 15) is 8.42 Å². The van der Waals surface area contributed by atoms with Crippen molar-refractivity contribution in [2.45, 2.75) is 44.2 Å². The third-order valence-electron chi connectivity index (χ3n) is 3.10. The van der Waals surface area contributed by atoms with E-state index in [1.54, 1.807) is 18.2 Å². The normalized spacial score (nSPS) is 12.7. The van der Waals surface area contributed by atoms with E-state index in [1.165, 1.54) is 6.26 Å². The van der Waals surface area contributed by atoms with Crippen LogP contribution in [0.2, 0.25) is 5.02 Å². The van der Waals surface area contributed by atoms with E-state index >= 15 is 0 Å². The standard InChI is InChI=1S/C13H20ClNO2S/c1-5-13(2,3)15-9-10-11(14)7-6-8-12(10)18(4,16)17/h6-8,15H,5,9H2,1-4H3. The van der Waals surface area contributed by atoms with Gasteiger partial charge in [-0.05, 0) is 32.4 Å². The van der Waals surface area contributed by atoms with Crippen molar-refractivity contribution >= 4 is 21.4 Å². The van der Waals surface area contributed by atoms with Crippen molar-refractivity contribution in [2.24, 2.45) is 0 Å². The van der Waals surface area contributed by atoms with E-state index in [2.05, 4.69) is 26.1 Å². The van der Waals surface area contributed by atoms with Gasteiger partial charge >= 0.3 is 0 Å². The molecule has 0 amide bonds. The van der Waals surface area contributed by atoms with Crippen LogP contribution in [0.5, 0.6) is 0 Å². The van der Waals surface area contributed by atoms with Crippen LogP contribution < -0.4 is 5.32 Å². The highest BCUT2D eigenvalue weighted by molar-refractivity contribution is 7.90. The van der Waals surface area contributed by atoms with E-state index in [1.807, 2.05) is 0 Å². The molecule has 102 valence electrons. The molecule has 1 N–H and O–H groups in total. The zero-order valence-corrected chi connectivity index (χ0v) is 12.8. The zero-order valence-electron chi connectivity index (χ0n) is 11.2. The summed E-state index contributed by atoms with van der Waals surface area (Å²) in [6.07, 6.45) is 2.15. The van der Waals surface area contributed by atoms with E-state index in [0.717, 1.165) is 6.42 Å². The Bertz CT molecular complexity index is 524. The van der Waals surface area contributed by atoms with Crippen molar-refractivity contribution in [2.75, 3.05) is 6.26 Å². The summed E-state index contributed by atoms with van der Waals surface area (Å²) < 4.78 is 23.4. The first-order chi connectivity index (χ1) is 8.17. The first-order valence-corrected chi connectivity index (χ1v) is 8.17. The fourth-order valence-corrected chi connectivity index (χ4v) is 2.76. The molecule has 0 heterocycles. The molecule has 0 saturated heterocycles. The summed E-state index contributed by atoms with van der Waals surface area (Å²) in [6.45, 7) is 6.67. The highest BCUT2D eigenvalue weighted by atomic mass is 35.5. The zero-order chi connectivity index (χ0) is 14.0. The molecular weight excluding hydrogens is 270 g/mol. The lowest BCUT2D eigenvalue weighted by Gasteiger charge is -2.25. The molecule has 0 aliphatic rings. The Morgan fingerprint density at radius 2 is 1.94 bits per heavy atom. The number of hydrogen-bond donors (Lipinski definition) is 1. The third kappa shape index (κ3) is 3.97. The van der Waals surface area contributed by atoms with Crippen LogP contribution in [-0.2, 0) is 16.4 Å². The van der Waals surface area contributed by atoms with Gasteiger partial charge in [0.05, 0.1) is 4.90 Å². The van der Waals surface area contributed by atoms with Gasteiger partial charge in [-0.25, -0.2) is 8.42 Å². The largest absolute Gasteiger partial charge is 0.308 e. The molecule has 0 aliphatic heterocycles. The maximum atomic E-state index is 11.7. The highest BCUT2D eigenvalue weighted by Gasteiger charge is 2.19. The number of halogens is 1. The lowest BCUT2D eigenvalue weighted by molar-refractivity contribution is 0.373. The minimum atomic E-state index is -3.25. The van der Waals surface area contributed by atoms with Gasteiger partial charge in [-0.3, -0.25) is 0 Å². The van der Waals surface area contributed by atoms with Crippen LogP contribution in [0, 0.1) is 0 Å². The SMILES string of the molecule is CCC(C)(C)NCc1c(Cl)cccc1S(C)(=O)=O. The molecule has 3 nitrogen and oxygen atoms in total. The molecule has 1 rings (SSSR count). The van der Waals surface area contributed by atoms with Crippen LogP contribution >= 0.6 is 11.6 Å². The smallest absolute Gasteiger partial charge is 0.175 e. The molecule has 0 saturated carbocycles. The third-order valence-corrected chi connectivity index (χ3v) is 4.64. The molecule has 0 aliphatic carbocycles. The van der Waals surface area contributed by atoms with Crippen LogP contribution in [0.4, 0.5) is 0 Å². The van der Waals surface area contributed by atoms with Gasteiger partial charge in [0, 0.05) is 28.9 Å². The van der Waals surface area contributed by atoms with E-state index < -0.39 is 9.84 Å². The van der Waals surface area contributed by atoms with Gasteiger partial charge in [-0.2, -0.15) is 0 Å². The molecule has 1 aromatic carbocycles. The lowest BCUT2D eigenvalue weighted by Crippen LogP contribution is -2.38. The highest BCUT2D eigenvalue weighted by Crippen LogP contribution is 2.24. The second kappa shape index (κ2) is 5.59. The van der Waals surface area contributed by atoms with Gasteiger partial charge in [0.25, 0.3) is 0 Å². The predicted molar refractivity (Wildman–Crippen MR) is 75.8 cm³/mol. The average Bonchev–Trinajstić information content (AvgIpc) is 2.26. The van der Waals surface area contributed by atoms with Crippen molar-refractivity contribution in [1.82, 2.24) is 5.32 Å². The second-order valence-electron chi connectivity index (χ2n) is 5.08. The van der Waals surface area contributed by atoms with Gasteiger partial charge in [0.15, 0.2) is 9.84 Å². The Kier molecular flexibility index (Phi) is 4.81. The molecule has 0 atom stereocenters. The number of nitrogens with one attached hydrogen (secondary N) is 1. The van der Waals surface area contributed by atoms with Crippen LogP contribution in [0.3, 0.4) is 0 Å². The summed E-state index contributed by atoms with van der Waals surface area (Å²) in [6, 6.07) is 4.97. The predicted octanol–water partition coefficient (Wildman–Crippen LogP) is 3.02. The molecule has 0 fully saturated rings. The maximum absolute atomic E-state index is 11.7. The molecule has 0 radical (unpaired) electrons. The lowest BCUT2D eigenvalue weighted by atomic mass is 10.0. The van der Waals surface area contributed by atoms with Crippen molar-refractivity contribution in [3.63, 3.8) is 0 Å². The number of hydrogen-bond acceptors (Lipinski definition) is 3. The van der Waals surface area contributed by atoms with Gasteiger partial charge in [0.1, 0.15) is 0 Å². The monoisotopic (exact) mass is 289 g/mol. The van der Waals surface area contributed by atoms with E-state index in [-0.39, 0.29) is 5.54 Å². The summed E-state index contributed by atoms with van der Waals surface area (Å²) in [7, 11) is -3.25. The Hall–Kier alpha value is -0.580. The average molecular weight is 290 g/mol. The van der Waals surface area contributed by atoms with E-state index in [4.69, 9.17) is 11.6 Å². The first-order valence-electron chi connectivity index (χ1n) is 5.90. The molecule has 5 heteroatoms. The van der Waals surface area contributed by atoms with Crippen molar-refractivity contribution < 1.29 is 8.42 Å². The Balaban J connectivity index is 3.09. The van der Waals surface area contributed by atoms with Gasteiger partial charge in [-0.1, -0.05) is 24.6 Å². The van der Waals surface area contributed by atoms with E-state index in [0.29, 0.717) is 22.0 Å². The van der Waals surface area contributed by atoms with Crippen LogP contribution in [0.15, 0.2) is 23.1 Å². The molecule has 18 heavy (non-hydrogen) atoms. The summed E-state index contributed by atoms with van der Waals surface area (Å²) >= 11 is 6.10. The molecule has 0 unspecified atom stereocenters. The quantitative estimate of drug-likeness (QED) is 0.906. The first kappa shape index (κ1) is 15.5. The number of sulfone groups is 1. The van der Waals surface area contributed by atoms with Crippen molar-refractivity contribution in [1.29, 1.82) is 0 Å². The molecule has 0 spiro atoms. The van der Waals surface area contributed by atoms with Gasteiger partial charge in [-0.15, -0.1) is 0 Å². The van der Waals surface area contributed by atoms with Crippen LogP contribution in [0.25, 0.3) is 0 Å². The summed E-state index contributed by atoms with van der Waals surface area (Å²) in [4.78, 5) is 0.300. The summed E-state index contributed by atoms with van der Waals surface area (Å²) in [5, 5.41) is 3.81. The van der Waals surface area contributed by atoms with Gasteiger partial charge < -0.3 is 5.32 Å². The Morgan fingerprint density at radius 1 is 1.33 bits per heavy atom. The van der Waals surface area contributed by atoms with Crippen LogP contribution in [-0.4, -0.2) is 20.2 Å². The maximum Gasteiger partial charge on any atom is 0.175 e. The fourth-order valence-electron chi connectivity index (χ4n) is 1.51. The van der Waals surface area contributed by atoms with Gasteiger partial charge in [0.2, 0.25) is 0 Å². The Morgan fingerprint density at radius 3 is 2.44 bits per heavy atom. The topological polar surface area (TPSA) is 46.2 Å². The minimum absolute atomic E-state index is 0.0477. The summed E-state index contributed by atoms with van der Waals surface area (Å²) in [5.41, 5.74) is 0.594. The minimum Gasteiger partial charge on any atom is -0.308 e. The van der Waals surface area contributed by atoms with Crippen LogP contribution in [0.1, 0.15) is 32.8 Å². The second-order valence-corrected chi connectivity index (χ2v) is 7.47. The molecule has 0 bridgehead atoms. The van der Waals surface area contributed by atoms with Crippen molar-refractivity contribution in [3.8, 4) is 0 Å². The number of benzene rings is 1. The summed E-state index contributed by atoms with van der Waals surface area (Å²) in [5.74, 6) is 0. The fraction of sp³-hybridized carbons (Fsp3) is 0.538. The Labute approximate surface area is 114 Å².